The molecule has 0 radical (unpaired) electrons. The fraction of sp³-hybridized carbons (Fsp3) is 0.467. The van der Waals surface area contributed by atoms with E-state index in [9.17, 15) is 18.8 Å². The van der Waals surface area contributed by atoms with E-state index in [1.54, 1.807) is 26.4 Å². The molecule has 1 saturated heterocycles. The van der Waals surface area contributed by atoms with Crippen LogP contribution in [0, 0.1) is 0 Å². The average Bonchev–Trinajstić information content (AvgIpc) is 3.44. The van der Waals surface area contributed by atoms with E-state index < -0.39 is 10.0 Å². The quantitative estimate of drug-likeness (QED) is 0.198. The van der Waals surface area contributed by atoms with Crippen LogP contribution < -0.4 is 29.2 Å². The summed E-state index contributed by atoms with van der Waals surface area (Å²) in [5.74, 6) is 2.35. The van der Waals surface area contributed by atoms with Gasteiger partial charge in [-0.2, -0.15) is 4.98 Å². The minimum atomic E-state index is -3.81. The zero-order valence-corrected chi connectivity index (χ0v) is 27.3. The largest absolute Gasteiger partial charge is 0.493 e. The maximum absolute atomic E-state index is 13.1. The summed E-state index contributed by atoms with van der Waals surface area (Å²) in [4.78, 5) is 20.1. The lowest BCUT2D eigenvalue weighted by Gasteiger charge is -2.31. The second kappa shape index (κ2) is 13.7. The summed E-state index contributed by atoms with van der Waals surface area (Å²) in [6.07, 6.45) is 8.84. The number of fused-ring (bicyclic) bond motifs is 1. The number of methoxy groups -OCH3 is 1. The fourth-order valence-corrected chi connectivity index (χ4v) is 6.75. The molecule has 0 aromatic carbocycles. The molecule has 1 saturated carbocycles. The van der Waals surface area contributed by atoms with Gasteiger partial charge >= 0.3 is 0 Å². The molecule has 0 unspecified atom stereocenters. The third kappa shape index (κ3) is 7.27. The molecule has 5 heterocycles. The molecule has 16 nitrogen and oxygen atoms in total. The summed E-state index contributed by atoms with van der Waals surface area (Å²) < 4.78 is 46.3. The van der Waals surface area contributed by atoms with Crippen molar-refractivity contribution < 1.29 is 33.0 Å². The number of hydrogen-bond donors (Lipinski definition) is 3. The van der Waals surface area contributed by atoms with Gasteiger partial charge in [0.2, 0.25) is 15.9 Å². The molecular weight excluding hydrogens is 630 g/mol. The first-order chi connectivity index (χ1) is 22.6. The molecule has 1 aliphatic heterocycles. The minimum absolute atomic E-state index is 0.114. The number of rotatable bonds is 11. The molecule has 2 fully saturated rings. The Hall–Kier alpha value is -4.45. The first-order valence-electron chi connectivity index (χ1n) is 15.3. The Balaban J connectivity index is 1.29. The van der Waals surface area contributed by atoms with Crippen molar-refractivity contribution in [3.05, 3.63) is 48.5 Å². The topological polar surface area (TPSA) is 181 Å². The summed E-state index contributed by atoms with van der Waals surface area (Å²) >= 11 is 0. The molecule has 0 bridgehead atoms. The Bertz CT molecular complexity index is 1810. The van der Waals surface area contributed by atoms with Crippen molar-refractivity contribution >= 4 is 44.2 Å². The standard InChI is InChI=1S/C30H39N9O7S/c1-36-22(18-33-30(36)39(40)41)19-38(47(3,42)43)21-15-24-25(32-17-21)16-27(37-11-13-45-14-12-37)35-29(24)46-23-8-6-20(7-9-23)34-28-26(44-2)5-4-10-31-28/h4-5,10,15-18,20,23,40-41H,6-9,11-14,19H2,1-3H3,(H,31,34). The van der Waals surface area contributed by atoms with Gasteiger partial charge in [0.25, 0.3) is 5.95 Å². The van der Waals surface area contributed by atoms with Gasteiger partial charge in [0.05, 0.1) is 67.8 Å². The molecule has 0 amide bonds. The van der Waals surface area contributed by atoms with Crippen molar-refractivity contribution in [2.24, 2.45) is 7.05 Å². The molecule has 252 valence electrons. The van der Waals surface area contributed by atoms with Crippen LogP contribution in [0.4, 0.5) is 23.3 Å². The normalized spacial score (nSPS) is 18.6. The third-order valence-corrected chi connectivity index (χ3v) is 9.61. The molecule has 2 aliphatic rings. The number of pyridine rings is 3. The van der Waals surface area contributed by atoms with Crippen LogP contribution in [0.2, 0.25) is 0 Å². The molecule has 0 atom stereocenters. The molecule has 17 heteroatoms. The number of nitrogens with one attached hydrogen (secondary N) is 1. The van der Waals surface area contributed by atoms with Crippen LogP contribution in [0.1, 0.15) is 31.4 Å². The predicted molar refractivity (Wildman–Crippen MR) is 174 cm³/mol. The number of sulfonamides is 1. The van der Waals surface area contributed by atoms with E-state index in [0.717, 1.165) is 31.9 Å². The van der Waals surface area contributed by atoms with E-state index in [0.29, 0.717) is 71.9 Å². The van der Waals surface area contributed by atoms with Crippen LogP contribution in [0.25, 0.3) is 10.9 Å². The summed E-state index contributed by atoms with van der Waals surface area (Å²) in [6.45, 7) is 2.40. The van der Waals surface area contributed by atoms with Crippen molar-refractivity contribution in [2.45, 2.75) is 44.4 Å². The summed E-state index contributed by atoms with van der Waals surface area (Å²) in [7, 11) is -0.629. The molecule has 6 rings (SSSR count). The number of imidazole rings is 1. The summed E-state index contributed by atoms with van der Waals surface area (Å²) in [5, 5.41) is 22.9. The van der Waals surface area contributed by atoms with Crippen LogP contribution in [-0.4, -0.2) is 95.1 Å². The Kier molecular flexibility index (Phi) is 9.49. The number of morpholine rings is 1. The summed E-state index contributed by atoms with van der Waals surface area (Å²) in [5.41, 5.74) is 1.34. The number of hydrogen-bond acceptors (Lipinski definition) is 14. The van der Waals surface area contributed by atoms with Crippen LogP contribution in [0.5, 0.6) is 11.6 Å². The lowest BCUT2D eigenvalue weighted by Crippen LogP contribution is -2.37. The van der Waals surface area contributed by atoms with Gasteiger partial charge in [-0.05, 0) is 43.9 Å². The second-order valence-corrected chi connectivity index (χ2v) is 13.5. The average molecular weight is 670 g/mol. The Morgan fingerprint density at radius 2 is 1.85 bits per heavy atom. The van der Waals surface area contributed by atoms with Crippen molar-refractivity contribution in [1.82, 2.24) is 24.5 Å². The van der Waals surface area contributed by atoms with Gasteiger partial charge in [-0.3, -0.25) is 19.7 Å². The van der Waals surface area contributed by atoms with Gasteiger partial charge in [-0.15, -0.1) is 0 Å². The van der Waals surface area contributed by atoms with Gasteiger partial charge in [-0.25, -0.2) is 18.4 Å². The number of anilines is 4. The highest BCUT2D eigenvalue weighted by Crippen LogP contribution is 2.35. The smallest absolute Gasteiger partial charge is 0.257 e. The Labute approximate surface area is 272 Å². The second-order valence-electron chi connectivity index (χ2n) is 11.6. The maximum atomic E-state index is 13.1. The van der Waals surface area contributed by atoms with Crippen molar-refractivity contribution in [3.63, 3.8) is 0 Å². The Morgan fingerprint density at radius 3 is 2.53 bits per heavy atom. The van der Waals surface area contributed by atoms with Gasteiger partial charge in [0, 0.05) is 38.4 Å². The predicted octanol–water partition coefficient (Wildman–Crippen LogP) is 2.96. The van der Waals surface area contributed by atoms with Crippen molar-refractivity contribution in [1.29, 1.82) is 0 Å². The van der Waals surface area contributed by atoms with Crippen LogP contribution >= 0.6 is 0 Å². The highest BCUT2D eigenvalue weighted by atomic mass is 32.2. The van der Waals surface area contributed by atoms with Gasteiger partial charge < -0.3 is 29.0 Å². The molecule has 3 N–H and O–H groups in total. The van der Waals surface area contributed by atoms with E-state index in [2.05, 4.69) is 25.2 Å². The summed E-state index contributed by atoms with van der Waals surface area (Å²) in [6, 6.07) is 7.52. The van der Waals surface area contributed by atoms with Gasteiger partial charge in [-0.1, -0.05) is 5.23 Å². The molecule has 47 heavy (non-hydrogen) atoms. The fourth-order valence-electron chi connectivity index (χ4n) is 5.90. The monoisotopic (exact) mass is 669 g/mol. The molecule has 1 aliphatic carbocycles. The van der Waals surface area contributed by atoms with Gasteiger partial charge in [0.15, 0.2) is 11.6 Å². The SMILES string of the molecule is COc1cccnc1NC1CCC(Oc2nc(N3CCOCC3)cc3ncc(N(Cc4cnc(N(O)O)n4C)S(C)(=O)=O)cc23)CC1. The van der Waals surface area contributed by atoms with Crippen molar-refractivity contribution in [3.8, 4) is 11.6 Å². The van der Waals surface area contributed by atoms with Crippen LogP contribution in [-0.2, 0) is 28.4 Å². The lowest BCUT2D eigenvalue weighted by molar-refractivity contribution is 0.0227. The molecule has 0 spiro atoms. The van der Waals surface area contributed by atoms with Gasteiger partial charge in [0.1, 0.15) is 11.9 Å². The van der Waals surface area contributed by atoms with E-state index in [1.165, 1.54) is 21.3 Å². The first kappa shape index (κ1) is 32.5. The maximum Gasteiger partial charge on any atom is 0.257 e. The zero-order chi connectivity index (χ0) is 33.1. The van der Waals surface area contributed by atoms with E-state index in [-0.39, 0.29) is 29.9 Å². The van der Waals surface area contributed by atoms with Crippen molar-refractivity contribution in [2.75, 3.05) is 59.4 Å². The Morgan fingerprint density at radius 1 is 1.09 bits per heavy atom. The first-order valence-corrected chi connectivity index (χ1v) is 17.2. The lowest BCUT2D eigenvalue weighted by atomic mass is 9.93. The van der Waals surface area contributed by atoms with Crippen LogP contribution in [0.3, 0.4) is 0 Å². The molecular formula is C30H39N9O7S. The highest BCUT2D eigenvalue weighted by molar-refractivity contribution is 7.92. The number of ether oxygens (including phenoxy) is 3. The number of aromatic nitrogens is 5. The molecule has 4 aromatic rings. The zero-order valence-electron chi connectivity index (χ0n) is 26.5. The number of nitrogens with zero attached hydrogens (tertiary/aromatic N) is 8. The van der Waals surface area contributed by atoms with E-state index in [1.807, 2.05) is 18.2 Å². The van der Waals surface area contributed by atoms with E-state index in [4.69, 9.17) is 19.2 Å². The minimum Gasteiger partial charge on any atom is -0.493 e. The highest BCUT2D eigenvalue weighted by Gasteiger charge is 2.27. The molecule has 4 aromatic heterocycles. The third-order valence-electron chi connectivity index (χ3n) is 8.47. The van der Waals surface area contributed by atoms with Crippen LogP contribution in [0.15, 0.2) is 42.9 Å². The van der Waals surface area contributed by atoms with E-state index >= 15 is 0 Å².